The number of rotatable bonds is 9. The van der Waals surface area contributed by atoms with Gasteiger partial charge in [-0.25, -0.2) is 8.42 Å². The van der Waals surface area contributed by atoms with Gasteiger partial charge in [0.2, 0.25) is 15.9 Å². The molecule has 1 heterocycles. The molecule has 29 heavy (non-hydrogen) atoms. The predicted molar refractivity (Wildman–Crippen MR) is 118 cm³/mol. The van der Waals surface area contributed by atoms with Gasteiger partial charge in [0, 0.05) is 24.5 Å². The van der Waals surface area contributed by atoms with E-state index in [4.69, 9.17) is 0 Å². The van der Waals surface area contributed by atoms with E-state index in [2.05, 4.69) is 17.4 Å². The lowest BCUT2D eigenvalue weighted by molar-refractivity contribution is -0.120. The van der Waals surface area contributed by atoms with Crippen LogP contribution < -0.4 is 5.32 Å². The molecule has 0 radical (unpaired) electrons. The summed E-state index contributed by atoms with van der Waals surface area (Å²) in [4.78, 5) is 13.7. The Kier molecular flexibility index (Phi) is 8.15. The van der Waals surface area contributed by atoms with Crippen molar-refractivity contribution in [2.24, 2.45) is 0 Å². The topological polar surface area (TPSA) is 66.5 Å². The molecule has 0 spiro atoms. The van der Waals surface area contributed by atoms with Gasteiger partial charge in [-0.2, -0.15) is 4.31 Å². The largest absolute Gasteiger partial charge is 0.356 e. The molecule has 1 saturated heterocycles. The number of carbonyl (C=O) groups is 1. The molecule has 3 rings (SSSR count). The Morgan fingerprint density at radius 2 is 1.66 bits per heavy atom. The van der Waals surface area contributed by atoms with Crippen LogP contribution in [0, 0.1) is 0 Å². The summed E-state index contributed by atoms with van der Waals surface area (Å²) in [5.74, 6) is 0.911. The Labute approximate surface area is 177 Å². The molecule has 0 bridgehead atoms. The number of sulfonamides is 1. The Bertz CT molecular complexity index is 878. The van der Waals surface area contributed by atoms with Crippen molar-refractivity contribution in [3.8, 4) is 0 Å². The van der Waals surface area contributed by atoms with Gasteiger partial charge in [-0.05, 0) is 54.8 Å². The number of carbonyl (C=O) groups excluding carboxylic acids is 1. The molecule has 5 nitrogen and oxygen atoms in total. The van der Waals surface area contributed by atoms with Crippen molar-refractivity contribution in [2.75, 3.05) is 25.4 Å². The number of amides is 1. The first-order chi connectivity index (χ1) is 14.1. The summed E-state index contributed by atoms with van der Waals surface area (Å²) in [5.41, 5.74) is 0.818. The molecule has 1 fully saturated rings. The van der Waals surface area contributed by atoms with Gasteiger partial charge in [-0.3, -0.25) is 4.79 Å². The van der Waals surface area contributed by atoms with Crippen LogP contribution in [-0.2, 0) is 21.2 Å². The van der Waals surface area contributed by atoms with Crippen LogP contribution in [0.25, 0.3) is 0 Å². The van der Waals surface area contributed by atoms with Gasteiger partial charge in [0.1, 0.15) is 0 Å². The smallest absolute Gasteiger partial charge is 0.243 e. The van der Waals surface area contributed by atoms with Gasteiger partial charge in [-0.1, -0.05) is 36.8 Å². The zero-order chi connectivity index (χ0) is 20.5. The summed E-state index contributed by atoms with van der Waals surface area (Å²) in [7, 11) is -3.42. The Morgan fingerprint density at radius 3 is 2.34 bits per heavy atom. The normalized spacial score (nSPS) is 15.2. The minimum atomic E-state index is -3.42. The third-order valence-corrected chi connectivity index (χ3v) is 7.91. The lowest BCUT2D eigenvalue weighted by atomic mass is 10.1. The summed E-state index contributed by atoms with van der Waals surface area (Å²) >= 11 is 1.78. The lowest BCUT2D eigenvalue weighted by Crippen LogP contribution is -2.35. The number of nitrogens with one attached hydrogen (secondary N) is 1. The summed E-state index contributed by atoms with van der Waals surface area (Å²) in [6.07, 6.45) is 4.09. The highest BCUT2D eigenvalue weighted by molar-refractivity contribution is 7.99. The fourth-order valence-electron chi connectivity index (χ4n) is 3.29. The van der Waals surface area contributed by atoms with Crippen molar-refractivity contribution in [2.45, 2.75) is 41.9 Å². The standard InChI is InChI=1S/C22H28N2O3S2/c25-22(23-14-7-17-28-20-8-3-1-4-9-20)18-19-10-12-21(13-11-19)29(26,27)24-15-5-2-6-16-24/h1,3-4,8-13H,2,5-7,14-18H2,(H,23,25). The van der Waals surface area contributed by atoms with E-state index in [0.717, 1.165) is 37.0 Å². The predicted octanol–water partition coefficient (Wildman–Crippen LogP) is 3.70. The van der Waals surface area contributed by atoms with Crippen LogP contribution >= 0.6 is 11.8 Å². The van der Waals surface area contributed by atoms with E-state index in [1.54, 1.807) is 40.3 Å². The molecule has 0 atom stereocenters. The molecule has 1 amide bonds. The maximum atomic E-state index is 12.7. The molecule has 2 aromatic carbocycles. The first-order valence-electron chi connectivity index (χ1n) is 10.1. The number of piperidine rings is 1. The molecule has 2 aromatic rings. The average Bonchev–Trinajstić information content (AvgIpc) is 2.75. The number of nitrogens with zero attached hydrogens (tertiary/aromatic N) is 1. The second kappa shape index (κ2) is 10.8. The van der Waals surface area contributed by atoms with E-state index in [1.807, 2.05) is 18.2 Å². The van der Waals surface area contributed by atoms with Crippen molar-refractivity contribution in [3.05, 3.63) is 60.2 Å². The molecule has 0 unspecified atom stereocenters. The van der Waals surface area contributed by atoms with Crippen LogP contribution in [0.2, 0.25) is 0 Å². The first-order valence-corrected chi connectivity index (χ1v) is 12.5. The lowest BCUT2D eigenvalue weighted by Gasteiger charge is -2.25. The summed E-state index contributed by atoms with van der Waals surface area (Å²) in [6.45, 7) is 1.82. The van der Waals surface area contributed by atoms with Gasteiger partial charge in [0.05, 0.1) is 11.3 Å². The van der Waals surface area contributed by atoms with Crippen LogP contribution in [0.1, 0.15) is 31.2 Å². The second-order valence-electron chi connectivity index (χ2n) is 7.15. The van der Waals surface area contributed by atoms with Crippen molar-refractivity contribution in [1.82, 2.24) is 9.62 Å². The summed E-state index contributed by atoms with van der Waals surface area (Å²) in [5, 5.41) is 2.94. The van der Waals surface area contributed by atoms with Crippen LogP contribution in [0.4, 0.5) is 0 Å². The van der Waals surface area contributed by atoms with E-state index in [0.29, 0.717) is 24.5 Å². The highest BCUT2D eigenvalue weighted by atomic mass is 32.2. The van der Waals surface area contributed by atoms with Crippen molar-refractivity contribution in [3.63, 3.8) is 0 Å². The van der Waals surface area contributed by atoms with E-state index in [9.17, 15) is 13.2 Å². The average molecular weight is 433 g/mol. The Hall–Kier alpha value is -1.83. The Balaban J connectivity index is 1.41. The van der Waals surface area contributed by atoms with Crippen LogP contribution in [0.15, 0.2) is 64.4 Å². The number of hydrogen-bond donors (Lipinski definition) is 1. The van der Waals surface area contributed by atoms with Gasteiger partial charge >= 0.3 is 0 Å². The molecule has 1 aliphatic heterocycles. The van der Waals surface area contributed by atoms with Crippen molar-refractivity contribution >= 4 is 27.7 Å². The van der Waals surface area contributed by atoms with Crippen LogP contribution in [-0.4, -0.2) is 44.0 Å². The summed E-state index contributed by atoms with van der Waals surface area (Å²) in [6, 6.07) is 16.9. The summed E-state index contributed by atoms with van der Waals surface area (Å²) < 4.78 is 26.9. The molecule has 0 aliphatic carbocycles. The first kappa shape index (κ1) is 21.9. The molecule has 156 valence electrons. The fourth-order valence-corrected chi connectivity index (χ4v) is 5.68. The van der Waals surface area contributed by atoms with E-state index < -0.39 is 10.0 Å². The zero-order valence-corrected chi connectivity index (χ0v) is 18.2. The van der Waals surface area contributed by atoms with Crippen LogP contribution in [0.5, 0.6) is 0 Å². The Morgan fingerprint density at radius 1 is 0.966 bits per heavy atom. The molecular formula is C22H28N2O3S2. The molecule has 0 saturated carbocycles. The third-order valence-electron chi connectivity index (χ3n) is 4.90. The second-order valence-corrected chi connectivity index (χ2v) is 10.3. The van der Waals surface area contributed by atoms with E-state index >= 15 is 0 Å². The van der Waals surface area contributed by atoms with Crippen LogP contribution in [0.3, 0.4) is 0 Å². The van der Waals surface area contributed by atoms with Crippen molar-refractivity contribution in [1.29, 1.82) is 0 Å². The van der Waals surface area contributed by atoms with Crippen molar-refractivity contribution < 1.29 is 13.2 Å². The molecule has 1 aliphatic rings. The van der Waals surface area contributed by atoms with Gasteiger partial charge < -0.3 is 5.32 Å². The van der Waals surface area contributed by atoms with Gasteiger partial charge in [0.25, 0.3) is 0 Å². The minimum Gasteiger partial charge on any atom is -0.356 e. The molecule has 7 heteroatoms. The number of thioether (sulfide) groups is 1. The van der Waals surface area contributed by atoms with Gasteiger partial charge in [0.15, 0.2) is 0 Å². The van der Waals surface area contributed by atoms with Gasteiger partial charge in [-0.15, -0.1) is 11.8 Å². The quantitative estimate of drug-likeness (QED) is 0.485. The maximum absolute atomic E-state index is 12.7. The third kappa shape index (κ3) is 6.59. The maximum Gasteiger partial charge on any atom is 0.243 e. The molecular weight excluding hydrogens is 404 g/mol. The monoisotopic (exact) mass is 432 g/mol. The number of benzene rings is 2. The highest BCUT2D eigenvalue weighted by Gasteiger charge is 2.25. The highest BCUT2D eigenvalue weighted by Crippen LogP contribution is 2.21. The minimum absolute atomic E-state index is 0.0404. The van der Waals surface area contributed by atoms with E-state index in [1.165, 1.54) is 4.90 Å². The molecule has 1 N–H and O–H groups in total. The number of hydrogen-bond acceptors (Lipinski definition) is 4. The fraction of sp³-hybridized carbons (Fsp3) is 0.409. The SMILES string of the molecule is O=C(Cc1ccc(S(=O)(=O)N2CCCCC2)cc1)NCCCSc1ccccc1. The van der Waals surface area contributed by atoms with E-state index in [-0.39, 0.29) is 12.3 Å². The zero-order valence-electron chi connectivity index (χ0n) is 16.5. The molecule has 0 aromatic heterocycles.